The molecule has 0 unspecified atom stereocenters. The second kappa shape index (κ2) is 8.22. The summed E-state index contributed by atoms with van der Waals surface area (Å²) in [6.07, 6.45) is 11.0. The topological polar surface area (TPSA) is 80.3 Å². The average Bonchev–Trinajstić information content (AvgIpc) is 3.51. The maximum Gasteiger partial charge on any atom is 0.225 e. The molecule has 0 bridgehead atoms. The van der Waals surface area contributed by atoms with Gasteiger partial charge in [0.2, 0.25) is 5.95 Å². The van der Waals surface area contributed by atoms with E-state index in [1.165, 1.54) is 12.1 Å². The van der Waals surface area contributed by atoms with E-state index in [4.69, 9.17) is 0 Å². The van der Waals surface area contributed by atoms with Crippen molar-refractivity contribution in [1.82, 2.24) is 34.3 Å². The first-order valence-corrected chi connectivity index (χ1v) is 11.0. The second-order valence-electron chi connectivity index (χ2n) is 8.30. The molecule has 170 valence electrons. The van der Waals surface area contributed by atoms with Crippen LogP contribution in [0.15, 0.2) is 67.6 Å². The van der Waals surface area contributed by atoms with Crippen LogP contribution in [-0.2, 0) is 7.05 Å². The van der Waals surface area contributed by atoms with Gasteiger partial charge >= 0.3 is 0 Å². The summed E-state index contributed by atoms with van der Waals surface area (Å²) in [7, 11) is 1.91. The summed E-state index contributed by atoms with van der Waals surface area (Å²) in [5.74, 6) is 1.35. The van der Waals surface area contributed by atoms with Gasteiger partial charge in [-0.25, -0.2) is 23.9 Å². The van der Waals surface area contributed by atoms with E-state index in [0.29, 0.717) is 5.95 Å². The molecule has 1 aromatic carbocycles. The molecule has 34 heavy (non-hydrogen) atoms. The van der Waals surface area contributed by atoms with Crippen molar-refractivity contribution < 1.29 is 4.39 Å². The monoisotopic (exact) mass is 455 g/mol. The zero-order valence-electron chi connectivity index (χ0n) is 18.6. The van der Waals surface area contributed by atoms with E-state index >= 15 is 0 Å². The molecule has 6 rings (SSSR count). The molecular weight excluding hydrogens is 433 g/mol. The number of anilines is 2. The molecule has 0 radical (unpaired) electrons. The van der Waals surface area contributed by atoms with Crippen molar-refractivity contribution in [3.8, 4) is 22.3 Å². The van der Waals surface area contributed by atoms with Gasteiger partial charge in [-0.3, -0.25) is 4.68 Å². The standard InChI is InChI=1S/C24H22FN9/c1-31-14-20(13-29-31)18-10-22-23(28-16-30-34(22)15-18)32-6-8-33(9-7-32)24-26-11-19(12-27-24)17-2-4-21(25)5-3-17/h2-5,10-16H,6-9H2,1H3. The molecule has 1 fully saturated rings. The van der Waals surface area contributed by atoms with Crippen molar-refractivity contribution in [2.75, 3.05) is 36.0 Å². The number of nitrogens with zero attached hydrogens (tertiary/aromatic N) is 9. The second-order valence-corrected chi connectivity index (χ2v) is 8.30. The molecule has 1 aliphatic rings. The summed E-state index contributed by atoms with van der Waals surface area (Å²) in [5, 5.41) is 8.66. The summed E-state index contributed by atoms with van der Waals surface area (Å²) >= 11 is 0. The van der Waals surface area contributed by atoms with E-state index in [1.807, 2.05) is 30.2 Å². The molecule has 0 amide bonds. The van der Waals surface area contributed by atoms with Crippen molar-refractivity contribution in [3.05, 3.63) is 73.5 Å². The molecule has 0 N–H and O–H groups in total. The predicted octanol–water partition coefficient (Wildman–Crippen LogP) is 3.05. The molecule has 1 saturated heterocycles. The quantitative estimate of drug-likeness (QED) is 0.412. The Morgan fingerprint density at radius 1 is 0.735 bits per heavy atom. The van der Waals surface area contributed by atoms with Gasteiger partial charge < -0.3 is 9.80 Å². The van der Waals surface area contributed by atoms with Crippen LogP contribution in [0.1, 0.15) is 0 Å². The van der Waals surface area contributed by atoms with Crippen LogP contribution in [0.3, 0.4) is 0 Å². The first-order valence-electron chi connectivity index (χ1n) is 11.0. The molecule has 0 atom stereocenters. The number of aromatic nitrogens is 7. The predicted molar refractivity (Wildman–Crippen MR) is 127 cm³/mol. The highest BCUT2D eigenvalue weighted by Crippen LogP contribution is 2.27. The highest BCUT2D eigenvalue weighted by Gasteiger charge is 2.22. The van der Waals surface area contributed by atoms with E-state index in [2.05, 4.69) is 41.0 Å². The van der Waals surface area contributed by atoms with Crippen LogP contribution in [0.4, 0.5) is 16.2 Å². The van der Waals surface area contributed by atoms with Gasteiger partial charge in [-0.15, -0.1) is 0 Å². The highest BCUT2D eigenvalue weighted by atomic mass is 19.1. The number of aryl methyl sites for hydroxylation is 1. The number of rotatable bonds is 4. The zero-order chi connectivity index (χ0) is 23.1. The summed E-state index contributed by atoms with van der Waals surface area (Å²) in [6.45, 7) is 3.15. The summed E-state index contributed by atoms with van der Waals surface area (Å²) < 4.78 is 16.8. The van der Waals surface area contributed by atoms with Gasteiger partial charge in [0.1, 0.15) is 17.7 Å². The molecule has 5 heterocycles. The highest BCUT2D eigenvalue weighted by molar-refractivity contribution is 5.77. The van der Waals surface area contributed by atoms with Crippen LogP contribution < -0.4 is 9.80 Å². The Bertz CT molecular complexity index is 1430. The Labute approximate surface area is 195 Å². The SMILES string of the molecule is Cn1cc(-c2cc3c(N4CCN(c5ncc(-c6ccc(F)cc6)cn5)CC4)ncnn3c2)cn1. The van der Waals surface area contributed by atoms with Gasteiger partial charge in [-0.05, 0) is 23.8 Å². The van der Waals surface area contributed by atoms with Crippen molar-refractivity contribution in [1.29, 1.82) is 0 Å². The van der Waals surface area contributed by atoms with Crippen LogP contribution in [-0.4, -0.2) is 60.5 Å². The number of halogens is 1. The molecule has 5 aromatic rings. The first-order chi connectivity index (χ1) is 16.6. The summed E-state index contributed by atoms with van der Waals surface area (Å²) in [4.78, 5) is 18.1. The van der Waals surface area contributed by atoms with Gasteiger partial charge in [-0.2, -0.15) is 10.2 Å². The number of hydrogen-bond donors (Lipinski definition) is 0. The van der Waals surface area contributed by atoms with Crippen LogP contribution in [0, 0.1) is 5.82 Å². The van der Waals surface area contributed by atoms with Gasteiger partial charge in [0.15, 0.2) is 5.82 Å². The number of hydrogen-bond acceptors (Lipinski definition) is 7. The minimum atomic E-state index is -0.256. The van der Waals surface area contributed by atoms with Crippen molar-refractivity contribution in [2.24, 2.45) is 7.05 Å². The van der Waals surface area contributed by atoms with E-state index in [9.17, 15) is 4.39 Å². The van der Waals surface area contributed by atoms with E-state index in [-0.39, 0.29) is 5.82 Å². The number of fused-ring (bicyclic) bond motifs is 1. The molecule has 10 heteroatoms. The van der Waals surface area contributed by atoms with Gasteiger partial charge in [0, 0.05) is 74.7 Å². The minimum absolute atomic E-state index is 0.256. The lowest BCUT2D eigenvalue weighted by Gasteiger charge is -2.35. The Kier molecular flexibility index (Phi) is 4.90. The number of benzene rings is 1. The van der Waals surface area contributed by atoms with Gasteiger partial charge in [0.05, 0.1) is 6.20 Å². The van der Waals surface area contributed by atoms with Crippen molar-refractivity contribution >= 4 is 17.3 Å². The van der Waals surface area contributed by atoms with Crippen LogP contribution in [0.5, 0.6) is 0 Å². The third kappa shape index (κ3) is 3.72. The van der Waals surface area contributed by atoms with E-state index < -0.39 is 0 Å². The smallest absolute Gasteiger partial charge is 0.225 e. The maximum absolute atomic E-state index is 13.2. The Morgan fingerprint density at radius 2 is 1.47 bits per heavy atom. The zero-order valence-corrected chi connectivity index (χ0v) is 18.6. The minimum Gasteiger partial charge on any atom is -0.351 e. The molecule has 9 nitrogen and oxygen atoms in total. The summed E-state index contributed by atoms with van der Waals surface area (Å²) in [5.41, 5.74) is 4.83. The van der Waals surface area contributed by atoms with Crippen molar-refractivity contribution in [3.63, 3.8) is 0 Å². The van der Waals surface area contributed by atoms with Gasteiger partial charge in [-0.1, -0.05) is 12.1 Å². The molecule has 4 aromatic heterocycles. The third-order valence-electron chi connectivity index (χ3n) is 6.10. The van der Waals surface area contributed by atoms with Gasteiger partial charge in [0.25, 0.3) is 0 Å². The molecule has 0 spiro atoms. The fourth-order valence-electron chi connectivity index (χ4n) is 4.28. The molecular formula is C24H22FN9. The van der Waals surface area contributed by atoms with E-state index in [1.54, 1.807) is 35.5 Å². The van der Waals surface area contributed by atoms with Crippen molar-refractivity contribution in [2.45, 2.75) is 0 Å². The molecule has 1 aliphatic heterocycles. The van der Waals surface area contributed by atoms with Crippen LogP contribution >= 0.6 is 0 Å². The van der Waals surface area contributed by atoms with Crippen LogP contribution in [0.25, 0.3) is 27.8 Å². The van der Waals surface area contributed by atoms with Crippen LogP contribution in [0.2, 0.25) is 0 Å². The Balaban J connectivity index is 1.18. The first kappa shape index (κ1) is 20.3. The lowest BCUT2D eigenvalue weighted by atomic mass is 10.1. The number of piperazine rings is 1. The lowest BCUT2D eigenvalue weighted by molar-refractivity contribution is 0.628. The lowest BCUT2D eigenvalue weighted by Crippen LogP contribution is -2.47. The maximum atomic E-state index is 13.2. The fraction of sp³-hybridized carbons (Fsp3) is 0.208. The fourth-order valence-corrected chi connectivity index (χ4v) is 4.28. The molecule has 0 saturated carbocycles. The summed E-state index contributed by atoms with van der Waals surface area (Å²) in [6, 6.07) is 8.46. The average molecular weight is 456 g/mol. The normalized spacial score (nSPS) is 14.2. The molecule has 0 aliphatic carbocycles. The largest absolute Gasteiger partial charge is 0.351 e. The Hall–Kier alpha value is -4.34. The van der Waals surface area contributed by atoms with E-state index in [0.717, 1.165) is 59.8 Å². The Morgan fingerprint density at radius 3 is 2.18 bits per heavy atom. The third-order valence-corrected chi connectivity index (χ3v) is 6.10.